The average molecular weight is 295 g/mol. The quantitative estimate of drug-likeness (QED) is 0.887. The van der Waals surface area contributed by atoms with Crippen molar-refractivity contribution in [1.29, 1.82) is 0 Å². The van der Waals surface area contributed by atoms with Crippen LogP contribution >= 0.6 is 0 Å². The number of nitrogens with zero attached hydrogens (tertiary/aromatic N) is 2. The average Bonchev–Trinajstić information content (AvgIpc) is 2.85. The van der Waals surface area contributed by atoms with Crippen molar-refractivity contribution in [2.45, 2.75) is 31.9 Å². The fraction of sp³-hybridized carbons (Fsp3) is 0.429. The van der Waals surface area contributed by atoms with E-state index in [4.69, 9.17) is 4.52 Å². The number of halogens is 2. The number of nitrogens with one attached hydrogen (secondary N) is 1. The van der Waals surface area contributed by atoms with Crippen molar-refractivity contribution in [1.82, 2.24) is 15.5 Å². The third kappa shape index (κ3) is 3.18. The van der Waals surface area contributed by atoms with Crippen LogP contribution in [0.25, 0.3) is 11.4 Å². The Balaban J connectivity index is 1.54. The van der Waals surface area contributed by atoms with Crippen molar-refractivity contribution < 1.29 is 18.4 Å². The molecule has 1 aromatic carbocycles. The minimum absolute atomic E-state index is 0.0834. The summed E-state index contributed by atoms with van der Waals surface area (Å²) in [4.78, 5) is 4.21. The Morgan fingerprint density at radius 3 is 2.90 bits per heavy atom. The second-order valence-corrected chi connectivity index (χ2v) is 5.21. The number of hydrogen-bond acceptors (Lipinski definition) is 5. The Labute approximate surface area is 120 Å². The lowest BCUT2D eigenvalue weighted by molar-refractivity contribution is 0.0151. The highest BCUT2D eigenvalue weighted by molar-refractivity contribution is 5.56. The SMILES string of the molecule is Oc1cccc(-c2noc(CNC3CC(C(F)F)C3)n2)c1. The first-order valence-corrected chi connectivity index (χ1v) is 6.75. The summed E-state index contributed by atoms with van der Waals surface area (Å²) in [5, 5.41) is 16.4. The van der Waals surface area contributed by atoms with Gasteiger partial charge in [-0.3, -0.25) is 0 Å². The van der Waals surface area contributed by atoms with E-state index in [9.17, 15) is 13.9 Å². The van der Waals surface area contributed by atoms with Gasteiger partial charge < -0.3 is 14.9 Å². The molecule has 3 rings (SSSR count). The van der Waals surface area contributed by atoms with E-state index in [-0.39, 0.29) is 11.8 Å². The van der Waals surface area contributed by atoms with Crippen LogP contribution in [0.5, 0.6) is 5.75 Å². The third-order valence-corrected chi connectivity index (χ3v) is 3.65. The monoisotopic (exact) mass is 295 g/mol. The zero-order valence-corrected chi connectivity index (χ0v) is 11.2. The zero-order chi connectivity index (χ0) is 14.8. The van der Waals surface area contributed by atoms with Gasteiger partial charge in [0.1, 0.15) is 5.75 Å². The highest BCUT2D eigenvalue weighted by Gasteiger charge is 2.35. The zero-order valence-electron chi connectivity index (χ0n) is 11.2. The van der Waals surface area contributed by atoms with E-state index in [0.717, 1.165) is 0 Å². The summed E-state index contributed by atoms with van der Waals surface area (Å²) in [7, 11) is 0. The summed E-state index contributed by atoms with van der Waals surface area (Å²) in [6.07, 6.45) is -1.28. The summed E-state index contributed by atoms with van der Waals surface area (Å²) >= 11 is 0. The molecule has 5 nitrogen and oxygen atoms in total. The van der Waals surface area contributed by atoms with Crippen molar-refractivity contribution in [3.63, 3.8) is 0 Å². The Kier molecular flexibility index (Phi) is 3.83. The minimum Gasteiger partial charge on any atom is -0.508 e. The van der Waals surface area contributed by atoms with Gasteiger partial charge in [0.25, 0.3) is 0 Å². The molecule has 1 fully saturated rings. The maximum atomic E-state index is 12.4. The van der Waals surface area contributed by atoms with Crippen LogP contribution in [0.1, 0.15) is 18.7 Å². The predicted molar refractivity (Wildman–Crippen MR) is 70.8 cm³/mol. The van der Waals surface area contributed by atoms with Crippen LogP contribution in [0, 0.1) is 5.92 Å². The normalized spacial score (nSPS) is 21.5. The second-order valence-electron chi connectivity index (χ2n) is 5.21. The van der Waals surface area contributed by atoms with Crippen LogP contribution in [-0.4, -0.2) is 27.7 Å². The first kappa shape index (κ1) is 13.9. The summed E-state index contributed by atoms with van der Waals surface area (Å²) in [5.41, 5.74) is 0.659. The van der Waals surface area contributed by atoms with Gasteiger partial charge in [0.15, 0.2) is 0 Å². The largest absolute Gasteiger partial charge is 0.508 e. The molecule has 1 saturated carbocycles. The van der Waals surface area contributed by atoms with E-state index < -0.39 is 12.3 Å². The molecule has 0 atom stereocenters. The Hall–Kier alpha value is -2.02. The lowest BCUT2D eigenvalue weighted by Gasteiger charge is -2.34. The van der Waals surface area contributed by atoms with Gasteiger partial charge in [0, 0.05) is 17.5 Å². The van der Waals surface area contributed by atoms with Crippen LogP contribution in [-0.2, 0) is 6.54 Å². The third-order valence-electron chi connectivity index (χ3n) is 3.65. The maximum absolute atomic E-state index is 12.4. The molecular formula is C14H15F2N3O2. The molecule has 1 aliphatic rings. The first-order chi connectivity index (χ1) is 10.1. The lowest BCUT2D eigenvalue weighted by atomic mass is 9.80. The van der Waals surface area contributed by atoms with Gasteiger partial charge in [0.2, 0.25) is 18.1 Å². The fourth-order valence-corrected chi connectivity index (χ4v) is 2.35. The predicted octanol–water partition coefficient (Wildman–Crippen LogP) is 2.58. The standard InChI is InChI=1S/C14H15F2N3O2/c15-13(16)9-4-10(5-9)17-7-12-18-14(19-21-12)8-2-1-3-11(20)6-8/h1-3,6,9-10,13,17,20H,4-5,7H2. The van der Waals surface area contributed by atoms with Crippen molar-refractivity contribution in [3.8, 4) is 17.1 Å². The molecule has 0 saturated heterocycles. The van der Waals surface area contributed by atoms with Gasteiger partial charge in [-0.05, 0) is 25.0 Å². The number of phenolic OH excluding ortho intramolecular Hbond substituents is 1. The maximum Gasteiger partial charge on any atom is 0.241 e. The molecule has 0 bridgehead atoms. The first-order valence-electron chi connectivity index (χ1n) is 6.75. The number of rotatable bonds is 5. The molecule has 1 heterocycles. The molecule has 0 radical (unpaired) electrons. The summed E-state index contributed by atoms with van der Waals surface area (Å²) < 4.78 is 29.8. The minimum atomic E-state index is -2.23. The highest BCUT2D eigenvalue weighted by atomic mass is 19.3. The van der Waals surface area contributed by atoms with Crippen LogP contribution < -0.4 is 5.32 Å². The van der Waals surface area contributed by atoms with Crippen molar-refractivity contribution >= 4 is 0 Å². The summed E-state index contributed by atoms with van der Waals surface area (Å²) in [6, 6.07) is 6.64. The lowest BCUT2D eigenvalue weighted by Crippen LogP contribution is -2.43. The highest BCUT2D eigenvalue weighted by Crippen LogP contribution is 2.32. The molecule has 0 aliphatic heterocycles. The van der Waals surface area contributed by atoms with E-state index in [0.29, 0.717) is 36.7 Å². The molecule has 21 heavy (non-hydrogen) atoms. The van der Waals surface area contributed by atoms with Gasteiger partial charge >= 0.3 is 0 Å². The molecule has 2 N–H and O–H groups in total. The van der Waals surface area contributed by atoms with E-state index in [1.165, 1.54) is 0 Å². The fourth-order valence-electron chi connectivity index (χ4n) is 2.35. The smallest absolute Gasteiger partial charge is 0.241 e. The number of aromatic nitrogens is 2. The van der Waals surface area contributed by atoms with Crippen LogP contribution in [0.15, 0.2) is 28.8 Å². The number of alkyl halides is 2. The number of hydrogen-bond donors (Lipinski definition) is 2. The summed E-state index contributed by atoms with van der Waals surface area (Å²) in [6.45, 7) is 0.354. The molecule has 1 aromatic heterocycles. The molecule has 7 heteroatoms. The number of aromatic hydroxyl groups is 1. The van der Waals surface area contributed by atoms with Crippen LogP contribution in [0.2, 0.25) is 0 Å². The molecule has 1 aliphatic carbocycles. The number of benzene rings is 1. The molecule has 0 unspecified atom stereocenters. The van der Waals surface area contributed by atoms with Gasteiger partial charge in [-0.25, -0.2) is 8.78 Å². The molecule has 2 aromatic rings. The van der Waals surface area contributed by atoms with Gasteiger partial charge in [-0.1, -0.05) is 17.3 Å². The number of phenols is 1. The summed E-state index contributed by atoms with van der Waals surface area (Å²) in [5.74, 6) is 0.424. The molecule has 0 amide bonds. The Morgan fingerprint density at radius 1 is 1.38 bits per heavy atom. The van der Waals surface area contributed by atoms with E-state index >= 15 is 0 Å². The van der Waals surface area contributed by atoms with Gasteiger partial charge in [-0.15, -0.1) is 0 Å². The van der Waals surface area contributed by atoms with Gasteiger partial charge in [-0.2, -0.15) is 4.98 Å². The molecular weight excluding hydrogens is 280 g/mol. The van der Waals surface area contributed by atoms with E-state index in [2.05, 4.69) is 15.5 Å². The Morgan fingerprint density at radius 2 is 2.19 bits per heavy atom. The van der Waals surface area contributed by atoms with E-state index in [1.54, 1.807) is 24.3 Å². The second kappa shape index (κ2) is 5.77. The van der Waals surface area contributed by atoms with Crippen molar-refractivity contribution in [3.05, 3.63) is 30.2 Å². The topological polar surface area (TPSA) is 71.2 Å². The van der Waals surface area contributed by atoms with Crippen molar-refractivity contribution in [2.75, 3.05) is 0 Å². The van der Waals surface area contributed by atoms with E-state index in [1.807, 2.05) is 0 Å². The van der Waals surface area contributed by atoms with Crippen LogP contribution in [0.3, 0.4) is 0 Å². The molecule has 0 spiro atoms. The van der Waals surface area contributed by atoms with Gasteiger partial charge in [0.05, 0.1) is 6.54 Å². The van der Waals surface area contributed by atoms with Crippen molar-refractivity contribution in [2.24, 2.45) is 5.92 Å². The van der Waals surface area contributed by atoms with Crippen LogP contribution in [0.4, 0.5) is 8.78 Å². The molecule has 112 valence electrons. The Bertz CT molecular complexity index is 612.